The van der Waals surface area contributed by atoms with Gasteiger partial charge in [-0.3, -0.25) is 0 Å². The lowest BCUT2D eigenvalue weighted by Crippen LogP contribution is -2.17. The first kappa shape index (κ1) is 10.2. The zero-order valence-electron chi connectivity index (χ0n) is 9.60. The molecule has 1 aliphatic heterocycles. The van der Waals surface area contributed by atoms with Crippen molar-refractivity contribution in [3.8, 4) is 11.3 Å². The maximum atomic E-state index is 5.77. The van der Waals surface area contributed by atoms with Crippen LogP contribution in [0, 0.1) is 0 Å². The lowest BCUT2D eigenvalue weighted by atomic mass is 10.1. The second kappa shape index (κ2) is 4.13. The van der Waals surface area contributed by atoms with E-state index in [4.69, 9.17) is 10.3 Å². The van der Waals surface area contributed by atoms with Crippen LogP contribution in [0.5, 0.6) is 0 Å². The molecule has 4 nitrogen and oxygen atoms in total. The molecule has 88 valence electrons. The Morgan fingerprint density at radius 3 is 2.41 bits per heavy atom. The number of nitrogens with two attached hydrogens (primary N) is 1. The minimum absolute atomic E-state index is 0.582. The molecule has 1 aromatic heterocycles. The van der Waals surface area contributed by atoms with E-state index in [1.165, 1.54) is 24.7 Å². The van der Waals surface area contributed by atoms with Crippen LogP contribution in [0.1, 0.15) is 12.8 Å². The van der Waals surface area contributed by atoms with Crippen LogP contribution < -0.4 is 10.6 Å². The summed E-state index contributed by atoms with van der Waals surface area (Å²) in [6.45, 7) is 2.31. The number of hydrogen-bond acceptors (Lipinski definition) is 4. The molecule has 2 heterocycles. The number of nitrogens with zero attached hydrogens (tertiary/aromatic N) is 2. The van der Waals surface area contributed by atoms with Gasteiger partial charge in [0.15, 0.2) is 5.76 Å². The molecular weight excluding hydrogens is 214 g/mol. The number of hydrogen-bond donors (Lipinski definition) is 1. The molecular formula is C13H15N3O. The molecule has 17 heavy (non-hydrogen) atoms. The zero-order valence-corrected chi connectivity index (χ0v) is 9.60. The van der Waals surface area contributed by atoms with E-state index in [1.54, 1.807) is 0 Å². The van der Waals surface area contributed by atoms with Crippen molar-refractivity contribution < 1.29 is 4.52 Å². The highest BCUT2D eigenvalue weighted by Gasteiger charge is 2.13. The normalized spacial score (nSPS) is 15.4. The second-order valence-electron chi connectivity index (χ2n) is 4.35. The van der Waals surface area contributed by atoms with Gasteiger partial charge in [-0.25, -0.2) is 0 Å². The van der Waals surface area contributed by atoms with Crippen molar-refractivity contribution in [2.24, 2.45) is 0 Å². The third-order valence-electron chi connectivity index (χ3n) is 3.20. The summed E-state index contributed by atoms with van der Waals surface area (Å²) in [6.07, 6.45) is 4.11. The van der Waals surface area contributed by atoms with E-state index in [1.807, 2.05) is 12.1 Å². The summed E-state index contributed by atoms with van der Waals surface area (Å²) in [5.74, 6) is 0.651. The molecule has 0 saturated carbocycles. The SMILES string of the molecule is Nc1cnoc1-c1ccc(N2CCCC2)cc1. The van der Waals surface area contributed by atoms with Crippen LogP contribution in [-0.2, 0) is 0 Å². The summed E-state index contributed by atoms with van der Waals surface area (Å²) in [6, 6.07) is 8.29. The summed E-state index contributed by atoms with van der Waals surface area (Å²) < 4.78 is 5.13. The first-order chi connectivity index (χ1) is 8.34. The first-order valence-corrected chi connectivity index (χ1v) is 5.90. The second-order valence-corrected chi connectivity index (χ2v) is 4.35. The maximum absolute atomic E-state index is 5.77. The Hall–Kier alpha value is -1.97. The monoisotopic (exact) mass is 229 g/mol. The largest absolute Gasteiger partial charge is 0.394 e. The molecule has 0 atom stereocenters. The Bertz CT molecular complexity index is 498. The molecule has 0 radical (unpaired) electrons. The van der Waals surface area contributed by atoms with Crippen LogP contribution in [0.15, 0.2) is 35.0 Å². The number of rotatable bonds is 2. The molecule has 1 saturated heterocycles. The Kier molecular flexibility index (Phi) is 2.48. The highest BCUT2D eigenvalue weighted by molar-refractivity contribution is 5.71. The third-order valence-corrected chi connectivity index (χ3v) is 3.20. The van der Waals surface area contributed by atoms with Gasteiger partial charge in [0.05, 0.1) is 6.20 Å². The van der Waals surface area contributed by atoms with Crippen molar-refractivity contribution in [2.75, 3.05) is 23.7 Å². The van der Waals surface area contributed by atoms with Gasteiger partial charge in [-0.1, -0.05) is 5.16 Å². The summed E-state index contributed by atoms with van der Waals surface area (Å²) in [5.41, 5.74) is 8.59. The fourth-order valence-electron chi connectivity index (χ4n) is 2.27. The molecule has 1 fully saturated rings. The maximum Gasteiger partial charge on any atom is 0.189 e. The van der Waals surface area contributed by atoms with Crippen LogP contribution in [0.25, 0.3) is 11.3 Å². The van der Waals surface area contributed by atoms with E-state index in [2.05, 4.69) is 22.2 Å². The van der Waals surface area contributed by atoms with Gasteiger partial charge in [-0.05, 0) is 37.1 Å². The van der Waals surface area contributed by atoms with Gasteiger partial charge in [0.1, 0.15) is 5.69 Å². The summed E-state index contributed by atoms with van der Waals surface area (Å²) >= 11 is 0. The van der Waals surface area contributed by atoms with Crippen LogP contribution in [-0.4, -0.2) is 18.2 Å². The molecule has 2 aromatic rings. The molecule has 0 unspecified atom stereocenters. The van der Waals surface area contributed by atoms with Gasteiger partial charge in [0.2, 0.25) is 0 Å². The van der Waals surface area contributed by atoms with Crippen molar-refractivity contribution in [3.63, 3.8) is 0 Å². The molecule has 1 aromatic carbocycles. The lowest BCUT2D eigenvalue weighted by Gasteiger charge is -2.17. The molecule has 0 amide bonds. The van der Waals surface area contributed by atoms with E-state index in [-0.39, 0.29) is 0 Å². The highest BCUT2D eigenvalue weighted by atomic mass is 16.5. The van der Waals surface area contributed by atoms with E-state index in [0.717, 1.165) is 18.7 Å². The van der Waals surface area contributed by atoms with Gasteiger partial charge in [0, 0.05) is 24.3 Å². The Morgan fingerprint density at radius 2 is 1.82 bits per heavy atom. The van der Waals surface area contributed by atoms with Crippen LogP contribution in [0.3, 0.4) is 0 Å². The van der Waals surface area contributed by atoms with Gasteiger partial charge in [0.25, 0.3) is 0 Å². The molecule has 0 aliphatic carbocycles. The average molecular weight is 229 g/mol. The summed E-state index contributed by atoms with van der Waals surface area (Å²) in [5, 5.41) is 3.69. The topological polar surface area (TPSA) is 55.3 Å². The van der Waals surface area contributed by atoms with Crippen molar-refractivity contribution in [3.05, 3.63) is 30.5 Å². The number of aromatic nitrogens is 1. The first-order valence-electron chi connectivity index (χ1n) is 5.90. The number of nitrogen functional groups attached to an aromatic ring is 1. The van der Waals surface area contributed by atoms with Crippen molar-refractivity contribution >= 4 is 11.4 Å². The van der Waals surface area contributed by atoms with Gasteiger partial charge in [-0.15, -0.1) is 0 Å². The summed E-state index contributed by atoms with van der Waals surface area (Å²) in [7, 11) is 0. The van der Waals surface area contributed by atoms with Crippen LogP contribution in [0.4, 0.5) is 11.4 Å². The predicted molar refractivity (Wildman–Crippen MR) is 67.8 cm³/mol. The van der Waals surface area contributed by atoms with E-state index < -0.39 is 0 Å². The standard InChI is InChI=1S/C13H15N3O/c14-12-9-15-17-13(12)10-3-5-11(6-4-10)16-7-1-2-8-16/h3-6,9H,1-2,7-8,14H2. The quantitative estimate of drug-likeness (QED) is 0.859. The highest BCUT2D eigenvalue weighted by Crippen LogP contribution is 2.28. The molecule has 1 aliphatic rings. The van der Waals surface area contributed by atoms with Crippen LogP contribution in [0.2, 0.25) is 0 Å². The molecule has 2 N–H and O–H groups in total. The van der Waals surface area contributed by atoms with Gasteiger partial charge >= 0.3 is 0 Å². The van der Waals surface area contributed by atoms with Gasteiger partial charge in [-0.2, -0.15) is 0 Å². The lowest BCUT2D eigenvalue weighted by molar-refractivity contribution is 0.432. The predicted octanol–water partition coefficient (Wildman–Crippen LogP) is 2.52. The Labute approximate surface area is 100 Å². The Balaban J connectivity index is 1.87. The van der Waals surface area contributed by atoms with Crippen LogP contribution >= 0.6 is 0 Å². The molecule has 0 bridgehead atoms. The minimum atomic E-state index is 0.582. The number of anilines is 2. The van der Waals surface area contributed by atoms with E-state index >= 15 is 0 Å². The van der Waals surface area contributed by atoms with Crippen molar-refractivity contribution in [1.29, 1.82) is 0 Å². The smallest absolute Gasteiger partial charge is 0.189 e. The van der Waals surface area contributed by atoms with Crippen molar-refractivity contribution in [2.45, 2.75) is 12.8 Å². The fraction of sp³-hybridized carbons (Fsp3) is 0.308. The van der Waals surface area contributed by atoms with E-state index in [0.29, 0.717) is 11.4 Å². The minimum Gasteiger partial charge on any atom is -0.394 e. The third kappa shape index (κ3) is 1.86. The average Bonchev–Trinajstić information content (AvgIpc) is 3.00. The van der Waals surface area contributed by atoms with Crippen molar-refractivity contribution in [1.82, 2.24) is 5.16 Å². The molecule has 4 heteroatoms. The molecule has 0 spiro atoms. The number of benzene rings is 1. The summed E-state index contributed by atoms with van der Waals surface area (Å²) in [4.78, 5) is 2.40. The van der Waals surface area contributed by atoms with E-state index in [9.17, 15) is 0 Å². The fourth-order valence-corrected chi connectivity index (χ4v) is 2.27. The Morgan fingerprint density at radius 1 is 1.12 bits per heavy atom. The zero-order chi connectivity index (χ0) is 11.7. The molecule has 3 rings (SSSR count). The van der Waals surface area contributed by atoms with Gasteiger partial charge < -0.3 is 15.2 Å².